The van der Waals surface area contributed by atoms with Crippen LogP contribution in [0.25, 0.3) is 11.3 Å². The number of pyridine rings is 1. The van der Waals surface area contributed by atoms with E-state index in [-0.39, 0.29) is 36.4 Å². The molecule has 0 fully saturated rings. The highest BCUT2D eigenvalue weighted by Gasteiger charge is 2.17. The summed E-state index contributed by atoms with van der Waals surface area (Å²) in [5.74, 6) is 0.197. The molecule has 0 radical (unpaired) electrons. The van der Waals surface area contributed by atoms with Crippen LogP contribution in [0.2, 0.25) is 0 Å². The Morgan fingerprint density at radius 2 is 2.14 bits per heavy atom. The molecule has 2 rings (SSSR count). The zero-order chi connectivity index (χ0) is 13.9. The third-order valence-electron chi connectivity index (χ3n) is 2.39. The number of carbonyl (C=O) groups is 1. The number of halogens is 2. The molecule has 0 spiro atoms. The van der Waals surface area contributed by atoms with Gasteiger partial charge in [0.1, 0.15) is 0 Å². The van der Waals surface area contributed by atoms with Crippen molar-refractivity contribution in [3.05, 3.63) is 36.3 Å². The Morgan fingerprint density at radius 1 is 1.43 bits per heavy atom. The van der Waals surface area contributed by atoms with Crippen molar-refractivity contribution in [1.29, 1.82) is 0 Å². The number of rotatable bonds is 4. The van der Waals surface area contributed by atoms with Gasteiger partial charge in [-0.25, -0.2) is 0 Å². The van der Waals surface area contributed by atoms with E-state index in [1.54, 1.807) is 24.5 Å². The molecule has 2 heterocycles. The predicted octanol–water partition coefficient (Wildman–Crippen LogP) is 2.05. The van der Waals surface area contributed by atoms with Gasteiger partial charge in [-0.1, -0.05) is 5.16 Å². The summed E-state index contributed by atoms with van der Waals surface area (Å²) in [4.78, 5) is 15.8. The van der Waals surface area contributed by atoms with Crippen LogP contribution in [0.5, 0.6) is 0 Å². The summed E-state index contributed by atoms with van der Waals surface area (Å²) in [5, 5.41) is 6.44. The zero-order valence-electron chi connectivity index (χ0n) is 11.7. The van der Waals surface area contributed by atoms with Crippen LogP contribution < -0.4 is 11.1 Å². The van der Waals surface area contributed by atoms with Gasteiger partial charge < -0.3 is 15.6 Å². The molecule has 6 nitrogen and oxygen atoms in total. The summed E-state index contributed by atoms with van der Waals surface area (Å²) < 4.78 is 5.12. The largest absolute Gasteiger partial charge is 0.355 e. The minimum Gasteiger partial charge on any atom is -0.355 e. The lowest BCUT2D eigenvalue weighted by Gasteiger charge is -2.18. The van der Waals surface area contributed by atoms with E-state index in [2.05, 4.69) is 15.5 Å². The van der Waals surface area contributed by atoms with Crippen LogP contribution >= 0.6 is 24.8 Å². The van der Waals surface area contributed by atoms with E-state index in [9.17, 15) is 4.79 Å². The van der Waals surface area contributed by atoms with Gasteiger partial charge in [0.15, 0.2) is 11.5 Å². The summed E-state index contributed by atoms with van der Waals surface area (Å²) in [5.41, 5.74) is 6.32. The lowest BCUT2D eigenvalue weighted by molar-refractivity contribution is 0.0937. The quantitative estimate of drug-likeness (QED) is 0.893. The first-order valence-corrected chi connectivity index (χ1v) is 5.90. The molecular weight excluding hydrogens is 315 g/mol. The highest BCUT2D eigenvalue weighted by atomic mass is 35.5. The molecule has 0 aliphatic carbocycles. The minimum absolute atomic E-state index is 0. The summed E-state index contributed by atoms with van der Waals surface area (Å²) in [6, 6.07) is 5.20. The Hall–Kier alpha value is -1.63. The second-order valence-corrected chi connectivity index (χ2v) is 4.99. The maximum absolute atomic E-state index is 11.8. The van der Waals surface area contributed by atoms with Crippen LogP contribution in [-0.2, 0) is 0 Å². The number of aromatic nitrogens is 2. The highest BCUT2D eigenvalue weighted by Crippen LogP contribution is 2.18. The number of amides is 1. The van der Waals surface area contributed by atoms with Crippen molar-refractivity contribution in [2.75, 3.05) is 6.54 Å². The van der Waals surface area contributed by atoms with Crippen LogP contribution in [0.15, 0.2) is 35.1 Å². The first kappa shape index (κ1) is 19.4. The van der Waals surface area contributed by atoms with Gasteiger partial charge in [-0.15, -0.1) is 24.8 Å². The molecule has 2 aromatic heterocycles. The fraction of sp³-hybridized carbons (Fsp3) is 0.308. The van der Waals surface area contributed by atoms with E-state index < -0.39 is 5.54 Å². The van der Waals surface area contributed by atoms with Gasteiger partial charge in [-0.2, -0.15) is 0 Å². The first-order valence-electron chi connectivity index (χ1n) is 5.90. The summed E-state index contributed by atoms with van der Waals surface area (Å²) in [6.45, 7) is 4.02. The predicted molar refractivity (Wildman–Crippen MR) is 84.8 cm³/mol. The van der Waals surface area contributed by atoms with Crippen molar-refractivity contribution in [2.45, 2.75) is 19.4 Å². The lowest BCUT2D eigenvalue weighted by atomic mass is 10.1. The molecule has 21 heavy (non-hydrogen) atoms. The van der Waals surface area contributed by atoms with Crippen LogP contribution in [0.3, 0.4) is 0 Å². The van der Waals surface area contributed by atoms with Gasteiger partial charge >= 0.3 is 0 Å². The second-order valence-electron chi connectivity index (χ2n) is 4.99. The van der Waals surface area contributed by atoms with E-state index >= 15 is 0 Å². The Morgan fingerprint density at radius 3 is 2.71 bits per heavy atom. The number of nitrogens with one attached hydrogen (secondary N) is 1. The molecule has 0 aliphatic heterocycles. The molecule has 0 aromatic carbocycles. The maximum Gasteiger partial charge on any atom is 0.273 e. The topological polar surface area (TPSA) is 94.0 Å². The summed E-state index contributed by atoms with van der Waals surface area (Å²) in [6.07, 6.45) is 3.31. The zero-order valence-corrected chi connectivity index (χ0v) is 13.3. The van der Waals surface area contributed by atoms with Crippen LogP contribution in [0, 0.1) is 0 Å². The monoisotopic (exact) mass is 332 g/mol. The normalized spacial score (nSPS) is 10.2. The van der Waals surface area contributed by atoms with Crippen molar-refractivity contribution in [3.63, 3.8) is 0 Å². The SMILES string of the molecule is CC(C)(N)CNC(=O)c1cc(-c2cccnc2)on1.Cl.Cl. The van der Waals surface area contributed by atoms with Gasteiger partial charge in [-0.3, -0.25) is 9.78 Å². The average molecular weight is 333 g/mol. The Labute approximate surface area is 135 Å². The van der Waals surface area contributed by atoms with Gasteiger partial charge in [0.2, 0.25) is 0 Å². The molecule has 3 N–H and O–H groups in total. The fourth-order valence-corrected chi connectivity index (χ4v) is 1.43. The minimum atomic E-state index is -0.467. The fourth-order valence-electron chi connectivity index (χ4n) is 1.43. The van der Waals surface area contributed by atoms with Crippen molar-refractivity contribution < 1.29 is 9.32 Å². The molecule has 0 aliphatic rings. The first-order chi connectivity index (χ1) is 8.96. The van der Waals surface area contributed by atoms with Crippen LogP contribution in [0.4, 0.5) is 0 Å². The number of hydrogen-bond acceptors (Lipinski definition) is 5. The number of hydrogen-bond donors (Lipinski definition) is 2. The molecule has 1 amide bonds. The van der Waals surface area contributed by atoms with E-state index in [1.807, 2.05) is 19.9 Å². The van der Waals surface area contributed by atoms with Crippen molar-refractivity contribution in [3.8, 4) is 11.3 Å². The maximum atomic E-state index is 11.8. The van der Waals surface area contributed by atoms with E-state index in [4.69, 9.17) is 10.3 Å². The molecule has 0 unspecified atom stereocenters. The second kappa shape index (κ2) is 7.97. The summed E-state index contributed by atoms with van der Waals surface area (Å²) in [7, 11) is 0. The molecule has 116 valence electrons. The number of nitrogens with zero attached hydrogens (tertiary/aromatic N) is 2. The third-order valence-corrected chi connectivity index (χ3v) is 2.39. The molecule has 8 heteroatoms. The van der Waals surface area contributed by atoms with E-state index in [1.165, 1.54) is 0 Å². The van der Waals surface area contributed by atoms with Gasteiger partial charge in [0.05, 0.1) is 0 Å². The highest BCUT2D eigenvalue weighted by molar-refractivity contribution is 5.93. The summed E-state index contributed by atoms with van der Waals surface area (Å²) >= 11 is 0. The van der Waals surface area contributed by atoms with E-state index in [0.717, 1.165) is 5.56 Å². The van der Waals surface area contributed by atoms with Gasteiger partial charge in [0.25, 0.3) is 5.91 Å². The average Bonchev–Trinajstić information content (AvgIpc) is 2.86. The smallest absolute Gasteiger partial charge is 0.273 e. The van der Waals surface area contributed by atoms with Crippen LogP contribution in [0.1, 0.15) is 24.3 Å². The third kappa shape index (κ3) is 5.71. The van der Waals surface area contributed by atoms with Gasteiger partial charge in [-0.05, 0) is 26.0 Å². The molecular formula is C13H18Cl2N4O2. The van der Waals surface area contributed by atoms with E-state index in [0.29, 0.717) is 12.3 Å². The lowest BCUT2D eigenvalue weighted by Crippen LogP contribution is -2.45. The van der Waals surface area contributed by atoms with Crippen molar-refractivity contribution >= 4 is 30.7 Å². The molecule has 0 saturated heterocycles. The van der Waals surface area contributed by atoms with Gasteiger partial charge in [0, 0.05) is 36.1 Å². The Bertz CT molecular complexity index is 567. The molecule has 0 atom stereocenters. The van der Waals surface area contributed by atoms with Crippen molar-refractivity contribution in [1.82, 2.24) is 15.5 Å². The number of carbonyl (C=O) groups excluding carboxylic acids is 1. The Kier molecular flexibility index (Phi) is 7.35. The standard InChI is InChI=1S/C13H16N4O2.2ClH/c1-13(2,14)8-16-12(18)10-6-11(19-17-10)9-4-3-5-15-7-9;;/h3-7H,8,14H2,1-2H3,(H,16,18);2*1H. The number of nitrogens with two attached hydrogens (primary N) is 1. The molecule has 0 bridgehead atoms. The molecule has 0 saturated carbocycles. The van der Waals surface area contributed by atoms with Crippen LogP contribution in [-0.4, -0.2) is 28.1 Å². The Balaban J connectivity index is 0.00000200. The molecule has 2 aromatic rings. The van der Waals surface area contributed by atoms with Crippen molar-refractivity contribution in [2.24, 2.45) is 5.73 Å².